The number of rotatable bonds is 9. The molecule has 0 bridgehead atoms. The Morgan fingerprint density at radius 1 is 0.621 bits per heavy atom. The van der Waals surface area contributed by atoms with Crippen LogP contribution in [0.15, 0.2) is 12.7 Å². The molecule has 0 spiro atoms. The second kappa shape index (κ2) is 7.09. The highest BCUT2D eigenvalue weighted by atomic mass is 32.2. The Labute approximate surface area is 150 Å². The first-order chi connectivity index (χ1) is 12.3. The van der Waals surface area contributed by atoms with Crippen LogP contribution < -0.4 is 4.72 Å². The molecule has 0 aromatic heterocycles. The van der Waals surface area contributed by atoms with E-state index in [0.29, 0.717) is 10.8 Å². The van der Waals surface area contributed by atoms with Crippen molar-refractivity contribution in [1.82, 2.24) is 4.72 Å². The first-order valence-electron chi connectivity index (χ1n) is 6.25. The Kier molecular flexibility index (Phi) is 6.74. The molecule has 0 heterocycles. The molecule has 0 aliphatic rings. The Morgan fingerprint density at radius 2 is 0.931 bits per heavy atom. The predicted molar refractivity (Wildman–Crippen MR) is 62.9 cm³/mol. The molecule has 3 nitrogen and oxygen atoms in total. The maximum Gasteiger partial charge on any atom is 0.460 e. The van der Waals surface area contributed by atoms with E-state index >= 15 is 0 Å². The average molecular weight is 489 g/mol. The molecule has 0 amide bonds. The van der Waals surface area contributed by atoms with Crippen LogP contribution in [0.4, 0.5) is 65.9 Å². The van der Waals surface area contributed by atoms with Gasteiger partial charge in [-0.15, -0.1) is 6.58 Å². The van der Waals surface area contributed by atoms with Gasteiger partial charge in [0.1, 0.15) is 0 Å². The van der Waals surface area contributed by atoms with E-state index in [4.69, 9.17) is 0 Å². The van der Waals surface area contributed by atoms with E-state index in [9.17, 15) is 74.3 Å². The third kappa shape index (κ3) is 3.63. The zero-order valence-electron chi connectivity index (χ0n) is 12.9. The Morgan fingerprint density at radius 3 is 1.24 bits per heavy atom. The molecule has 0 aromatic carbocycles. The number of sulfonamides is 1. The van der Waals surface area contributed by atoms with Gasteiger partial charge in [-0.3, -0.25) is 0 Å². The molecule has 0 saturated heterocycles. The minimum Gasteiger partial charge on any atom is -0.206 e. The molecule has 0 rings (SSSR count). The molecule has 0 fully saturated rings. The fourth-order valence-electron chi connectivity index (χ4n) is 1.38. The summed E-state index contributed by atoms with van der Waals surface area (Å²) < 4.78 is 215. The molecule has 0 aromatic rings. The molecule has 0 atom stereocenters. The molecule has 1 N–H and O–H groups in total. The summed E-state index contributed by atoms with van der Waals surface area (Å²) in [5, 5.41) is -7.40. The molecular formula is C10H6F15NO2S. The molecule has 0 unspecified atom stereocenters. The largest absolute Gasteiger partial charge is 0.460 e. The zero-order valence-corrected chi connectivity index (χ0v) is 13.7. The van der Waals surface area contributed by atoms with Gasteiger partial charge in [-0.2, -0.15) is 65.9 Å². The van der Waals surface area contributed by atoms with Crippen molar-refractivity contribution in [3.63, 3.8) is 0 Å². The van der Waals surface area contributed by atoms with Crippen LogP contribution >= 0.6 is 0 Å². The average Bonchev–Trinajstić information content (AvgIpc) is 2.50. The molecule has 174 valence electrons. The van der Waals surface area contributed by atoms with Gasteiger partial charge in [0.05, 0.1) is 0 Å². The van der Waals surface area contributed by atoms with E-state index in [0.717, 1.165) is 0 Å². The Bertz CT molecular complexity index is 724. The van der Waals surface area contributed by atoms with Crippen LogP contribution in [0.2, 0.25) is 0 Å². The summed E-state index contributed by atoms with van der Waals surface area (Å²) in [5.41, 5.74) is 0. The van der Waals surface area contributed by atoms with Gasteiger partial charge < -0.3 is 0 Å². The van der Waals surface area contributed by atoms with E-state index in [1.165, 1.54) is 0 Å². The quantitative estimate of drug-likeness (QED) is 0.385. The maximum atomic E-state index is 13.3. The third-order valence-corrected chi connectivity index (χ3v) is 4.53. The zero-order chi connectivity index (χ0) is 24.1. The Hall–Kier alpha value is -1.40. The van der Waals surface area contributed by atoms with E-state index in [2.05, 4.69) is 6.58 Å². The lowest BCUT2D eigenvalue weighted by molar-refractivity contribution is -0.447. The van der Waals surface area contributed by atoms with E-state index in [-0.39, 0.29) is 0 Å². The van der Waals surface area contributed by atoms with Gasteiger partial charge in [-0.1, -0.05) is 6.08 Å². The van der Waals surface area contributed by atoms with Crippen LogP contribution in [0, 0.1) is 0 Å². The van der Waals surface area contributed by atoms with Crippen LogP contribution in [-0.4, -0.2) is 56.0 Å². The van der Waals surface area contributed by atoms with E-state index < -0.39 is 57.6 Å². The van der Waals surface area contributed by atoms with Crippen molar-refractivity contribution in [3.05, 3.63) is 12.7 Å². The third-order valence-electron chi connectivity index (χ3n) is 3.05. The van der Waals surface area contributed by atoms with Gasteiger partial charge >= 0.3 is 41.0 Å². The fraction of sp³-hybridized carbons (Fsp3) is 0.800. The van der Waals surface area contributed by atoms with Crippen molar-refractivity contribution < 1.29 is 74.3 Å². The van der Waals surface area contributed by atoms with Gasteiger partial charge in [-0.25, -0.2) is 13.1 Å². The normalized spacial score (nSPS) is 16.1. The van der Waals surface area contributed by atoms with Crippen LogP contribution in [0.25, 0.3) is 0 Å². The summed E-state index contributed by atoms with van der Waals surface area (Å²) in [6.07, 6.45) is -7.40. The van der Waals surface area contributed by atoms with Gasteiger partial charge in [0.25, 0.3) is 10.0 Å². The second-order valence-electron chi connectivity index (χ2n) is 5.03. The van der Waals surface area contributed by atoms with Crippen LogP contribution in [0.3, 0.4) is 0 Å². The summed E-state index contributed by atoms with van der Waals surface area (Å²) in [4.78, 5) is 0. The van der Waals surface area contributed by atoms with Crippen molar-refractivity contribution >= 4 is 10.0 Å². The number of alkyl halides is 15. The summed E-state index contributed by atoms with van der Waals surface area (Å²) in [6, 6.07) is 0. The molecule has 29 heavy (non-hydrogen) atoms. The second-order valence-corrected chi connectivity index (χ2v) is 6.84. The van der Waals surface area contributed by atoms with Crippen LogP contribution in [-0.2, 0) is 10.0 Å². The van der Waals surface area contributed by atoms with Gasteiger partial charge in [0, 0.05) is 6.54 Å². The SMILES string of the molecule is C=CCNS(=O)(=O)C(F)(F)C(F)(F)C(F)(F)C(F)(F)C(F)(F)C(F)(F)C(F)(F)F. The summed E-state index contributed by atoms with van der Waals surface area (Å²) >= 11 is 0. The summed E-state index contributed by atoms with van der Waals surface area (Å²) in [6.45, 7) is 1.24. The summed E-state index contributed by atoms with van der Waals surface area (Å²) in [7, 11) is -7.10. The minimum atomic E-state index is -8.54. The van der Waals surface area contributed by atoms with Gasteiger partial charge in [-0.05, 0) is 0 Å². The lowest BCUT2D eigenvalue weighted by atomic mass is 9.94. The number of halogens is 15. The predicted octanol–water partition coefficient (Wildman–Crippen LogP) is 4.42. The molecule has 19 heteroatoms. The van der Waals surface area contributed by atoms with Gasteiger partial charge in [0.2, 0.25) is 0 Å². The topological polar surface area (TPSA) is 46.2 Å². The number of nitrogens with one attached hydrogen (secondary N) is 1. The Balaban J connectivity index is 6.69. The van der Waals surface area contributed by atoms with Crippen molar-refractivity contribution in [2.75, 3.05) is 6.54 Å². The van der Waals surface area contributed by atoms with E-state index in [1.54, 1.807) is 0 Å². The first-order valence-corrected chi connectivity index (χ1v) is 7.73. The van der Waals surface area contributed by atoms with Crippen molar-refractivity contribution in [1.29, 1.82) is 0 Å². The highest BCUT2D eigenvalue weighted by molar-refractivity contribution is 7.90. The fourth-order valence-corrected chi connectivity index (χ4v) is 2.36. The van der Waals surface area contributed by atoms with Crippen molar-refractivity contribution in [3.8, 4) is 0 Å². The lowest BCUT2D eigenvalue weighted by Crippen LogP contribution is -2.73. The van der Waals surface area contributed by atoms with Crippen molar-refractivity contribution in [2.24, 2.45) is 0 Å². The first kappa shape index (κ1) is 27.6. The molecular weight excluding hydrogens is 483 g/mol. The molecule has 0 radical (unpaired) electrons. The lowest BCUT2D eigenvalue weighted by Gasteiger charge is -2.41. The highest BCUT2D eigenvalue weighted by Gasteiger charge is 2.94. The van der Waals surface area contributed by atoms with E-state index in [1.807, 2.05) is 0 Å². The smallest absolute Gasteiger partial charge is 0.206 e. The van der Waals surface area contributed by atoms with Gasteiger partial charge in [0.15, 0.2) is 0 Å². The highest BCUT2D eigenvalue weighted by Crippen LogP contribution is 2.62. The molecule has 0 aliphatic carbocycles. The number of hydrogen-bond donors (Lipinski definition) is 1. The standard InChI is InChI=1S/C10H6F15NO2S/c1-2-3-26-29(27,28)10(24,25)8(19,20)6(15,16)4(11,12)5(13,14)7(17,18)9(21,22)23/h2,26H,1,3H2. The van der Waals surface area contributed by atoms with Crippen LogP contribution in [0.1, 0.15) is 0 Å². The molecule has 0 saturated carbocycles. The summed E-state index contributed by atoms with van der Waals surface area (Å²) in [5.74, 6) is -41.7. The van der Waals surface area contributed by atoms with Crippen molar-refractivity contribution in [2.45, 2.75) is 41.0 Å². The molecule has 0 aliphatic heterocycles. The minimum absolute atomic E-state index is 0.330. The van der Waals surface area contributed by atoms with Crippen LogP contribution in [0.5, 0.6) is 0 Å². The number of hydrogen-bond acceptors (Lipinski definition) is 2. The maximum absolute atomic E-state index is 13.3. The monoisotopic (exact) mass is 489 g/mol.